The zero-order valence-electron chi connectivity index (χ0n) is 13.8. The number of methoxy groups -OCH3 is 1. The Morgan fingerprint density at radius 1 is 0.917 bits per heavy atom. The SMILES string of the molecule is COc1ccc(-c2n[nH]c(=S)nc2-c2ccc(N(C)C)cc2)cc1. The second kappa shape index (κ2) is 6.80. The number of aromatic nitrogens is 3. The number of aromatic amines is 1. The van der Waals surface area contributed by atoms with Crippen LogP contribution in [0.15, 0.2) is 48.5 Å². The summed E-state index contributed by atoms with van der Waals surface area (Å²) in [4.78, 5) is 6.54. The number of H-pyrrole nitrogens is 1. The zero-order chi connectivity index (χ0) is 17.1. The van der Waals surface area contributed by atoms with Crippen molar-refractivity contribution in [3.63, 3.8) is 0 Å². The third-order valence-electron chi connectivity index (χ3n) is 3.72. The minimum absolute atomic E-state index is 0.360. The first-order valence-electron chi connectivity index (χ1n) is 7.47. The molecule has 1 aromatic heterocycles. The van der Waals surface area contributed by atoms with Gasteiger partial charge in [0, 0.05) is 30.9 Å². The standard InChI is InChI=1S/C18H18N4OS/c1-22(2)14-8-4-12(5-9-14)16-17(20-21-18(24)19-16)13-6-10-15(23-3)11-7-13/h4-11H,1-3H3,(H,19,21,24). The molecule has 24 heavy (non-hydrogen) atoms. The van der Waals surface area contributed by atoms with E-state index < -0.39 is 0 Å². The Labute approximate surface area is 145 Å². The molecule has 0 saturated heterocycles. The largest absolute Gasteiger partial charge is 0.497 e. The summed E-state index contributed by atoms with van der Waals surface area (Å²) in [5, 5.41) is 7.18. The maximum absolute atomic E-state index is 5.21. The fourth-order valence-corrected chi connectivity index (χ4v) is 2.54. The first kappa shape index (κ1) is 16.1. The van der Waals surface area contributed by atoms with Crippen LogP contribution >= 0.6 is 12.2 Å². The normalized spacial score (nSPS) is 10.5. The molecule has 0 amide bonds. The van der Waals surface area contributed by atoms with Crippen LogP contribution in [0.25, 0.3) is 22.5 Å². The van der Waals surface area contributed by atoms with Crippen molar-refractivity contribution < 1.29 is 4.74 Å². The summed E-state index contributed by atoms with van der Waals surface area (Å²) in [6.07, 6.45) is 0. The molecule has 1 N–H and O–H groups in total. The highest BCUT2D eigenvalue weighted by molar-refractivity contribution is 7.71. The van der Waals surface area contributed by atoms with Gasteiger partial charge in [-0.05, 0) is 48.6 Å². The van der Waals surface area contributed by atoms with E-state index in [2.05, 4.69) is 32.2 Å². The molecule has 0 spiro atoms. The highest BCUT2D eigenvalue weighted by atomic mass is 32.1. The second-order valence-electron chi connectivity index (χ2n) is 5.51. The van der Waals surface area contributed by atoms with E-state index in [1.54, 1.807) is 7.11 Å². The van der Waals surface area contributed by atoms with Gasteiger partial charge in [-0.3, -0.25) is 5.10 Å². The summed E-state index contributed by atoms with van der Waals surface area (Å²) >= 11 is 5.16. The van der Waals surface area contributed by atoms with E-state index in [9.17, 15) is 0 Å². The smallest absolute Gasteiger partial charge is 0.214 e. The fraction of sp³-hybridized carbons (Fsp3) is 0.167. The molecule has 0 fully saturated rings. The molecule has 2 aromatic carbocycles. The third kappa shape index (κ3) is 3.28. The van der Waals surface area contributed by atoms with Crippen LogP contribution in [-0.4, -0.2) is 36.4 Å². The molecule has 3 aromatic rings. The Balaban J connectivity index is 2.09. The van der Waals surface area contributed by atoms with Crippen molar-refractivity contribution in [1.29, 1.82) is 0 Å². The van der Waals surface area contributed by atoms with Crippen LogP contribution in [0.4, 0.5) is 5.69 Å². The van der Waals surface area contributed by atoms with Gasteiger partial charge in [0.25, 0.3) is 0 Å². The Morgan fingerprint density at radius 2 is 1.50 bits per heavy atom. The number of ether oxygens (including phenoxy) is 1. The van der Waals surface area contributed by atoms with Gasteiger partial charge in [0.2, 0.25) is 4.77 Å². The molecule has 0 saturated carbocycles. The lowest BCUT2D eigenvalue weighted by molar-refractivity contribution is 0.415. The summed E-state index contributed by atoms with van der Waals surface area (Å²) in [6.45, 7) is 0. The predicted octanol–water partition coefficient (Wildman–Crippen LogP) is 3.94. The van der Waals surface area contributed by atoms with Crippen molar-refractivity contribution in [3.05, 3.63) is 53.3 Å². The van der Waals surface area contributed by atoms with Crippen molar-refractivity contribution in [1.82, 2.24) is 15.2 Å². The highest BCUT2D eigenvalue weighted by Gasteiger charge is 2.12. The molecule has 0 aliphatic heterocycles. The molecular weight excluding hydrogens is 320 g/mol. The van der Waals surface area contributed by atoms with Crippen molar-refractivity contribution in [2.75, 3.05) is 26.1 Å². The molecule has 1 heterocycles. The van der Waals surface area contributed by atoms with Gasteiger partial charge < -0.3 is 9.64 Å². The maximum atomic E-state index is 5.21. The summed E-state index contributed by atoms with van der Waals surface area (Å²) in [7, 11) is 5.67. The Kier molecular flexibility index (Phi) is 4.57. The average molecular weight is 338 g/mol. The topological polar surface area (TPSA) is 54.0 Å². The minimum Gasteiger partial charge on any atom is -0.497 e. The number of nitrogens with one attached hydrogen (secondary N) is 1. The van der Waals surface area contributed by atoms with Crippen molar-refractivity contribution in [3.8, 4) is 28.3 Å². The van der Waals surface area contributed by atoms with Crippen molar-refractivity contribution in [2.24, 2.45) is 0 Å². The van der Waals surface area contributed by atoms with Crippen LogP contribution in [0.5, 0.6) is 5.75 Å². The lowest BCUT2D eigenvalue weighted by atomic mass is 10.0. The Hall–Kier alpha value is -2.73. The van der Waals surface area contributed by atoms with Gasteiger partial charge in [-0.2, -0.15) is 5.10 Å². The zero-order valence-corrected chi connectivity index (χ0v) is 14.6. The van der Waals surface area contributed by atoms with Crippen LogP contribution in [-0.2, 0) is 0 Å². The van der Waals surface area contributed by atoms with Gasteiger partial charge in [0.1, 0.15) is 17.1 Å². The highest BCUT2D eigenvalue weighted by Crippen LogP contribution is 2.30. The van der Waals surface area contributed by atoms with Gasteiger partial charge in [0.05, 0.1) is 7.11 Å². The van der Waals surface area contributed by atoms with Crippen LogP contribution in [0.2, 0.25) is 0 Å². The number of nitrogens with zero attached hydrogens (tertiary/aromatic N) is 3. The average Bonchev–Trinajstić information content (AvgIpc) is 2.62. The maximum Gasteiger partial charge on any atom is 0.214 e. The van der Waals surface area contributed by atoms with Crippen molar-refractivity contribution in [2.45, 2.75) is 0 Å². The van der Waals surface area contributed by atoms with Crippen LogP contribution in [0, 0.1) is 4.77 Å². The Bertz CT molecular complexity index is 886. The quantitative estimate of drug-likeness (QED) is 0.730. The second-order valence-corrected chi connectivity index (χ2v) is 5.89. The summed E-state index contributed by atoms with van der Waals surface area (Å²) < 4.78 is 5.57. The van der Waals surface area contributed by atoms with E-state index in [-0.39, 0.29) is 0 Å². The number of anilines is 1. The third-order valence-corrected chi connectivity index (χ3v) is 3.90. The summed E-state index contributed by atoms with van der Waals surface area (Å²) in [5.41, 5.74) is 4.55. The van der Waals surface area contributed by atoms with Gasteiger partial charge in [0.15, 0.2) is 0 Å². The number of rotatable bonds is 4. The van der Waals surface area contributed by atoms with E-state index in [1.807, 2.05) is 50.5 Å². The summed E-state index contributed by atoms with van der Waals surface area (Å²) in [6, 6.07) is 15.9. The molecule has 3 rings (SSSR count). The van der Waals surface area contributed by atoms with Gasteiger partial charge in [-0.25, -0.2) is 4.98 Å². The first-order valence-corrected chi connectivity index (χ1v) is 7.88. The predicted molar refractivity (Wildman–Crippen MR) is 99.0 cm³/mol. The van der Waals surface area contributed by atoms with Gasteiger partial charge in [-0.1, -0.05) is 12.1 Å². The van der Waals surface area contributed by atoms with Crippen LogP contribution < -0.4 is 9.64 Å². The molecule has 0 bridgehead atoms. The molecule has 0 atom stereocenters. The monoisotopic (exact) mass is 338 g/mol. The molecule has 5 nitrogen and oxygen atoms in total. The number of hydrogen-bond acceptors (Lipinski definition) is 5. The van der Waals surface area contributed by atoms with E-state index in [1.165, 1.54) is 0 Å². The van der Waals surface area contributed by atoms with E-state index >= 15 is 0 Å². The molecule has 0 aliphatic rings. The molecule has 0 radical (unpaired) electrons. The number of hydrogen-bond donors (Lipinski definition) is 1. The molecule has 0 aliphatic carbocycles. The molecule has 0 unspecified atom stereocenters. The lowest BCUT2D eigenvalue weighted by Gasteiger charge is -2.13. The van der Waals surface area contributed by atoms with Gasteiger partial charge in [-0.15, -0.1) is 0 Å². The van der Waals surface area contributed by atoms with Crippen molar-refractivity contribution >= 4 is 17.9 Å². The number of benzene rings is 2. The van der Waals surface area contributed by atoms with Crippen LogP contribution in [0.1, 0.15) is 0 Å². The van der Waals surface area contributed by atoms with E-state index in [4.69, 9.17) is 17.0 Å². The fourth-order valence-electron chi connectivity index (χ4n) is 2.41. The molecule has 122 valence electrons. The van der Waals surface area contributed by atoms with Crippen LogP contribution in [0.3, 0.4) is 0 Å². The van der Waals surface area contributed by atoms with Gasteiger partial charge >= 0.3 is 0 Å². The first-order chi connectivity index (χ1) is 11.6. The molecular formula is C18H18N4OS. The molecule has 6 heteroatoms. The Morgan fingerprint density at radius 3 is 2.08 bits per heavy atom. The minimum atomic E-state index is 0.360. The lowest BCUT2D eigenvalue weighted by Crippen LogP contribution is -2.08. The summed E-state index contributed by atoms with van der Waals surface area (Å²) in [5.74, 6) is 0.799. The van der Waals surface area contributed by atoms with E-state index in [0.717, 1.165) is 34.0 Å². The van der Waals surface area contributed by atoms with E-state index in [0.29, 0.717) is 4.77 Å².